The van der Waals surface area contributed by atoms with E-state index >= 15 is 0 Å². The number of carbonyl (C=O) groups is 1. The van der Waals surface area contributed by atoms with Gasteiger partial charge in [0, 0.05) is 43.4 Å². The minimum absolute atomic E-state index is 0.0743. The van der Waals surface area contributed by atoms with Crippen LogP contribution in [0.15, 0.2) is 61.2 Å². The molecule has 198 valence electrons. The highest BCUT2D eigenvalue weighted by Gasteiger charge is 2.34. The summed E-state index contributed by atoms with van der Waals surface area (Å²) in [4.78, 5) is 26.0. The first kappa shape index (κ1) is 27.3. The van der Waals surface area contributed by atoms with E-state index in [0.717, 1.165) is 37.2 Å². The monoisotopic (exact) mass is 512 g/mol. The lowest BCUT2D eigenvalue weighted by Gasteiger charge is -2.31. The van der Waals surface area contributed by atoms with Gasteiger partial charge in [-0.3, -0.25) is 4.79 Å². The topological polar surface area (TPSA) is 49.3 Å². The van der Waals surface area contributed by atoms with Crippen molar-refractivity contribution in [1.29, 1.82) is 0 Å². The van der Waals surface area contributed by atoms with Gasteiger partial charge < -0.3 is 9.80 Å². The Morgan fingerprint density at radius 3 is 2.66 bits per heavy atom. The van der Waals surface area contributed by atoms with Gasteiger partial charge in [-0.05, 0) is 48.4 Å². The van der Waals surface area contributed by atoms with Crippen LogP contribution in [0.1, 0.15) is 50.4 Å². The number of fused-ring (bicyclic) bond motifs is 1. The number of carbonyl (C=O) groups excluding carboxylic acids is 1. The van der Waals surface area contributed by atoms with Gasteiger partial charge in [0.1, 0.15) is 12.1 Å². The Morgan fingerprint density at radius 1 is 1.11 bits per heavy atom. The number of rotatable bonds is 8. The molecule has 2 atom stereocenters. The molecular weight excluding hydrogens is 475 g/mol. The molecule has 1 aliphatic heterocycles. The molecule has 0 bridgehead atoms. The lowest BCUT2D eigenvalue weighted by Crippen LogP contribution is -2.44. The molecule has 1 aromatic heterocycles. The lowest BCUT2D eigenvalue weighted by atomic mass is 9.96. The number of aromatic nitrogens is 2. The third-order valence-electron chi connectivity index (χ3n) is 7.48. The summed E-state index contributed by atoms with van der Waals surface area (Å²) in [5.74, 6) is 5.45. The van der Waals surface area contributed by atoms with E-state index < -0.39 is 11.7 Å². The second-order valence-corrected chi connectivity index (χ2v) is 10.0. The Kier molecular flexibility index (Phi) is 9.12. The number of aryl methyl sites for hydroxylation is 2. The van der Waals surface area contributed by atoms with Crippen molar-refractivity contribution in [1.82, 2.24) is 14.9 Å². The van der Waals surface area contributed by atoms with Gasteiger partial charge in [-0.25, -0.2) is 14.4 Å². The number of hydrogen-bond donors (Lipinski definition) is 0. The summed E-state index contributed by atoms with van der Waals surface area (Å²) in [7, 11) is 0. The minimum atomic E-state index is -0.926. The van der Waals surface area contributed by atoms with E-state index in [1.54, 1.807) is 18.2 Å². The van der Waals surface area contributed by atoms with E-state index in [0.29, 0.717) is 26.1 Å². The first-order valence-corrected chi connectivity index (χ1v) is 13.5. The highest BCUT2D eigenvalue weighted by Crippen LogP contribution is 2.29. The molecule has 6 heteroatoms. The predicted octanol–water partition coefficient (Wildman–Crippen LogP) is 5.92. The van der Waals surface area contributed by atoms with E-state index in [1.165, 1.54) is 21.9 Å². The standard InChI is InChI=1S/C32H37FN4O/c1-5-7-16-30-23(3)21-36(19-20-37(30)32(38)24(4)33)31-28(11-6-2)29(34-22-35-31)18-17-26-14-10-13-25-12-8-9-15-27(25)26/h8-10,12-15,22-23,30H,4,6,11,16-21H2,1-3H3/t23-,30+/m1/s1. The molecule has 1 aliphatic rings. The van der Waals surface area contributed by atoms with Crippen molar-refractivity contribution in [2.24, 2.45) is 5.92 Å². The van der Waals surface area contributed by atoms with Crippen molar-refractivity contribution in [3.8, 4) is 11.8 Å². The zero-order valence-electron chi connectivity index (χ0n) is 22.7. The minimum Gasteiger partial charge on any atom is -0.354 e. The molecule has 0 aliphatic carbocycles. The number of anilines is 1. The van der Waals surface area contributed by atoms with Gasteiger partial charge in [-0.15, -0.1) is 11.8 Å². The summed E-state index contributed by atoms with van der Waals surface area (Å²) in [5, 5.41) is 2.53. The van der Waals surface area contributed by atoms with Crippen molar-refractivity contribution < 1.29 is 9.18 Å². The summed E-state index contributed by atoms with van der Waals surface area (Å²) in [6.07, 6.45) is 5.74. The van der Waals surface area contributed by atoms with Gasteiger partial charge >= 0.3 is 0 Å². The number of halogens is 1. The molecule has 1 fully saturated rings. The predicted molar refractivity (Wildman–Crippen MR) is 153 cm³/mol. The zero-order chi connectivity index (χ0) is 27.1. The van der Waals surface area contributed by atoms with E-state index in [9.17, 15) is 9.18 Å². The van der Waals surface area contributed by atoms with E-state index in [2.05, 4.69) is 79.6 Å². The molecule has 0 radical (unpaired) electrons. The van der Waals surface area contributed by atoms with Gasteiger partial charge in [-0.1, -0.05) is 69.3 Å². The summed E-state index contributed by atoms with van der Waals surface area (Å²) >= 11 is 0. The zero-order valence-corrected chi connectivity index (χ0v) is 22.7. The Hall–Kier alpha value is -3.72. The van der Waals surface area contributed by atoms with Gasteiger partial charge in [0.2, 0.25) is 0 Å². The number of nitrogens with zero attached hydrogens (tertiary/aromatic N) is 4. The van der Waals surface area contributed by atoms with Gasteiger partial charge in [0.05, 0.1) is 0 Å². The molecule has 5 nitrogen and oxygen atoms in total. The summed E-state index contributed by atoms with van der Waals surface area (Å²) in [6.45, 7) is 11.0. The van der Waals surface area contributed by atoms with E-state index in [1.807, 2.05) is 0 Å². The summed E-state index contributed by atoms with van der Waals surface area (Å²) in [6, 6.07) is 14.8. The van der Waals surface area contributed by atoms with Crippen molar-refractivity contribution in [3.63, 3.8) is 0 Å². The fourth-order valence-corrected chi connectivity index (χ4v) is 5.58. The maximum atomic E-state index is 13.9. The van der Waals surface area contributed by atoms with Crippen LogP contribution in [0.4, 0.5) is 10.2 Å². The summed E-state index contributed by atoms with van der Waals surface area (Å²) in [5.41, 5.74) is 3.55. The molecule has 0 saturated carbocycles. The molecular formula is C32H37FN4O. The quantitative estimate of drug-likeness (QED) is 0.278. The van der Waals surface area contributed by atoms with Gasteiger partial charge in [-0.2, -0.15) is 0 Å². The Bertz CT molecular complexity index is 1350. The van der Waals surface area contributed by atoms with Crippen molar-refractivity contribution >= 4 is 22.5 Å². The second kappa shape index (κ2) is 12.7. The normalized spacial score (nSPS) is 17.6. The first-order valence-electron chi connectivity index (χ1n) is 13.5. The SMILES string of the molecule is C=C(F)C(=O)N1CCN(c2ncnc(CCc3cccc4ccccc34)c2CCC)C[C@@H](C)[C@@H]1CC#CC. The van der Waals surface area contributed by atoms with Crippen LogP contribution in [0.25, 0.3) is 10.8 Å². The Labute approximate surface area is 225 Å². The number of amides is 1. The Morgan fingerprint density at radius 2 is 1.89 bits per heavy atom. The third kappa shape index (κ3) is 6.05. The molecule has 38 heavy (non-hydrogen) atoms. The first-order chi connectivity index (χ1) is 18.4. The van der Waals surface area contributed by atoms with Crippen LogP contribution in [-0.4, -0.2) is 46.5 Å². The molecule has 0 spiro atoms. The van der Waals surface area contributed by atoms with Crippen LogP contribution >= 0.6 is 0 Å². The van der Waals surface area contributed by atoms with Crippen LogP contribution in [0.2, 0.25) is 0 Å². The second-order valence-electron chi connectivity index (χ2n) is 10.0. The molecule has 2 aromatic carbocycles. The average molecular weight is 513 g/mol. The molecule has 2 heterocycles. The van der Waals surface area contributed by atoms with Crippen LogP contribution in [-0.2, 0) is 24.1 Å². The van der Waals surface area contributed by atoms with E-state index in [4.69, 9.17) is 9.97 Å². The van der Waals surface area contributed by atoms with E-state index in [-0.39, 0.29) is 12.0 Å². The fraction of sp³-hybridized carbons (Fsp3) is 0.406. The maximum Gasteiger partial charge on any atom is 0.282 e. The largest absolute Gasteiger partial charge is 0.354 e. The third-order valence-corrected chi connectivity index (χ3v) is 7.48. The van der Waals surface area contributed by atoms with Crippen LogP contribution in [0.3, 0.4) is 0 Å². The average Bonchev–Trinajstić information content (AvgIpc) is 3.09. The highest BCUT2D eigenvalue weighted by atomic mass is 19.1. The summed E-state index contributed by atoms with van der Waals surface area (Å²) < 4.78 is 13.9. The van der Waals surface area contributed by atoms with Crippen LogP contribution < -0.4 is 4.90 Å². The van der Waals surface area contributed by atoms with Gasteiger partial charge in [0.15, 0.2) is 5.83 Å². The number of hydrogen-bond acceptors (Lipinski definition) is 4. The van der Waals surface area contributed by atoms with Crippen molar-refractivity contribution in [2.45, 2.75) is 58.9 Å². The molecule has 1 saturated heterocycles. The smallest absolute Gasteiger partial charge is 0.282 e. The van der Waals surface area contributed by atoms with Gasteiger partial charge in [0.25, 0.3) is 5.91 Å². The molecule has 3 aromatic rings. The Balaban J connectivity index is 1.62. The number of benzene rings is 2. The lowest BCUT2D eigenvalue weighted by molar-refractivity contribution is -0.131. The molecule has 0 N–H and O–H groups in total. The molecule has 4 rings (SSSR count). The van der Waals surface area contributed by atoms with Crippen LogP contribution in [0, 0.1) is 17.8 Å². The van der Waals surface area contributed by atoms with Crippen molar-refractivity contribution in [2.75, 3.05) is 24.5 Å². The molecule has 0 unspecified atom stereocenters. The van der Waals surface area contributed by atoms with Crippen LogP contribution in [0.5, 0.6) is 0 Å². The molecule has 1 amide bonds. The maximum absolute atomic E-state index is 13.9. The fourth-order valence-electron chi connectivity index (χ4n) is 5.58. The van der Waals surface area contributed by atoms with Crippen molar-refractivity contribution in [3.05, 3.63) is 78.0 Å². The highest BCUT2D eigenvalue weighted by molar-refractivity contribution is 5.91.